The number of hydrogen-bond donors (Lipinski definition) is 6. The predicted molar refractivity (Wildman–Crippen MR) is 134 cm³/mol. The van der Waals surface area contributed by atoms with Gasteiger partial charge < -0.3 is 25.4 Å². The van der Waals surface area contributed by atoms with E-state index >= 15 is 0 Å². The number of likely N-dealkylation sites (N-methyl/N-ethyl adjacent to an activating group) is 1. The van der Waals surface area contributed by atoms with Crippen molar-refractivity contribution in [3.8, 4) is 0 Å². The summed E-state index contributed by atoms with van der Waals surface area (Å²) in [6.45, 7) is 3.50. The van der Waals surface area contributed by atoms with Crippen LogP contribution in [0.5, 0.6) is 0 Å². The van der Waals surface area contributed by atoms with Crippen LogP contribution >= 0.6 is 0 Å². The summed E-state index contributed by atoms with van der Waals surface area (Å²) in [5, 5.41) is 14.1. The molecule has 0 bridgehead atoms. The summed E-state index contributed by atoms with van der Waals surface area (Å²) < 4.78 is 11.8. The third kappa shape index (κ3) is 6.01. The van der Waals surface area contributed by atoms with Crippen molar-refractivity contribution in [2.45, 2.75) is 100 Å². The smallest absolute Gasteiger partial charge is 0.223 e. The lowest BCUT2D eigenvalue weighted by Crippen LogP contribution is -2.58. The number of fused-ring (bicyclic) bond motifs is 1. The van der Waals surface area contributed by atoms with Gasteiger partial charge in [0, 0.05) is 56.9 Å². The number of amides is 1. The number of rotatable bonds is 7. The second kappa shape index (κ2) is 12.1. The van der Waals surface area contributed by atoms with Crippen molar-refractivity contribution in [2.24, 2.45) is 11.8 Å². The van der Waals surface area contributed by atoms with E-state index < -0.39 is 0 Å². The molecule has 9 atom stereocenters. The van der Waals surface area contributed by atoms with E-state index in [2.05, 4.69) is 44.1 Å². The van der Waals surface area contributed by atoms with Crippen molar-refractivity contribution in [3.63, 3.8) is 0 Å². The number of nitrogens with one attached hydrogen (secondary N) is 6. The normalized spacial score (nSPS) is 43.0. The number of carbonyl (C=O) groups excluding carboxylic acids is 1. The first kappa shape index (κ1) is 25.8. The topological polar surface area (TPSA) is 111 Å². The van der Waals surface area contributed by atoms with E-state index in [9.17, 15) is 4.79 Å². The molecular formula is C25H47N7O3. The van der Waals surface area contributed by atoms with E-state index in [0.717, 1.165) is 77.5 Å². The van der Waals surface area contributed by atoms with E-state index in [1.165, 1.54) is 0 Å². The SMILES string of the molecule is COC1CCCC2C1OCC[C@@H]2NC(=O)C1CCCC(NCC2NNC(C3CCNCN3)N2C)C1. The van der Waals surface area contributed by atoms with Gasteiger partial charge in [-0.15, -0.1) is 0 Å². The van der Waals surface area contributed by atoms with E-state index in [0.29, 0.717) is 24.6 Å². The molecule has 2 aliphatic carbocycles. The van der Waals surface area contributed by atoms with Crippen LogP contribution in [0.3, 0.4) is 0 Å². The van der Waals surface area contributed by atoms with Crippen LogP contribution < -0.4 is 32.1 Å². The Morgan fingerprint density at radius 3 is 2.83 bits per heavy atom. The lowest BCUT2D eigenvalue weighted by molar-refractivity contribution is -0.144. The highest BCUT2D eigenvalue weighted by molar-refractivity contribution is 5.79. The van der Waals surface area contributed by atoms with Crippen molar-refractivity contribution < 1.29 is 14.3 Å². The number of carbonyl (C=O) groups is 1. The third-order valence-electron chi connectivity index (χ3n) is 9.18. The van der Waals surface area contributed by atoms with Crippen molar-refractivity contribution in [3.05, 3.63) is 0 Å². The Balaban J connectivity index is 1.08. The number of hydrazine groups is 1. The highest BCUT2D eigenvalue weighted by atomic mass is 16.5. The zero-order chi connectivity index (χ0) is 24.2. The second-order valence-electron chi connectivity index (χ2n) is 11.3. The maximum Gasteiger partial charge on any atom is 0.223 e. The van der Waals surface area contributed by atoms with Crippen molar-refractivity contribution >= 4 is 5.91 Å². The van der Waals surface area contributed by atoms with Crippen molar-refractivity contribution in [1.82, 2.24) is 37.0 Å². The molecule has 6 N–H and O–H groups in total. The maximum atomic E-state index is 13.3. The summed E-state index contributed by atoms with van der Waals surface area (Å²) in [7, 11) is 3.97. The fraction of sp³-hybridized carbons (Fsp3) is 0.960. The lowest BCUT2D eigenvalue weighted by atomic mass is 9.76. The molecule has 3 saturated heterocycles. The minimum absolute atomic E-state index is 0.100. The van der Waals surface area contributed by atoms with Crippen LogP contribution in [0.1, 0.15) is 57.8 Å². The van der Waals surface area contributed by atoms with Crippen molar-refractivity contribution in [1.29, 1.82) is 0 Å². The van der Waals surface area contributed by atoms with Gasteiger partial charge in [0.15, 0.2) is 0 Å². The summed E-state index contributed by atoms with van der Waals surface area (Å²) in [5.74, 6) is 0.725. The van der Waals surface area contributed by atoms with Gasteiger partial charge >= 0.3 is 0 Å². The van der Waals surface area contributed by atoms with Crippen LogP contribution in [-0.2, 0) is 14.3 Å². The van der Waals surface area contributed by atoms with Gasteiger partial charge in [0.1, 0.15) is 0 Å². The van der Waals surface area contributed by atoms with Crippen LogP contribution in [0.25, 0.3) is 0 Å². The molecule has 5 fully saturated rings. The van der Waals surface area contributed by atoms with E-state index in [-0.39, 0.29) is 42.4 Å². The fourth-order valence-corrected chi connectivity index (χ4v) is 7.07. The highest BCUT2D eigenvalue weighted by Crippen LogP contribution is 2.36. The molecule has 5 aliphatic rings. The summed E-state index contributed by atoms with van der Waals surface area (Å²) in [4.78, 5) is 15.7. The standard InChI is InChI=1S/C25H47N7O3/c1-32-22(30-31-24(32)20-9-11-26-15-28-20)14-27-17-6-3-5-16(13-17)25(33)29-19-10-12-35-23-18(19)7-4-8-21(23)34-2/h16-24,26-28,30-31H,3-15H2,1-2H3,(H,29,33)/t16?,17?,18?,19-,20?,21?,22?,23?,24?/m0/s1. The molecule has 8 unspecified atom stereocenters. The summed E-state index contributed by atoms with van der Waals surface area (Å²) in [5.41, 5.74) is 6.95. The highest BCUT2D eigenvalue weighted by Gasteiger charge is 2.43. The molecule has 10 nitrogen and oxygen atoms in total. The van der Waals surface area contributed by atoms with Gasteiger partial charge in [0.2, 0.25) is 5.91 Å². The van der Waals surface area contributed by atoms with Crippen LogP contribution in [0.4, 0.5) is 0 Å². The van der Waals surface area contributed by atoms with Gasteiger partial charge in [0.25, 0.3) is 0 Å². The number of methoxy groups -OCH3 is 1. The van der Waals surface area contributed by atoms with Crippen LogP contribution in [-0.4, -0.2) is 94.0 Å². The van der Waals surface area contributed by atoms with Gasteiger partial charge in [0.05, 0.1) is 24.5 Å². The molecule has 10 heteroatoms. The molecule has 0 spiro atoms. The van der Waals surface area contributed by atoms with E-state index in [4.69, 9.17) is 9.47 Å². The minimum Gasteiger partial charge on any atom is -0.379 e. The molecule has 0 radical (unpaired) electrons. The van der Waals surface area contributed by atoms with Gasteiger partial charge in [-0.05, 0) is 58.5 Å². The van der Waals surface area contributed by atoms with Crippen LogP contribution in [0, 0.1) is 11.8 Å². The summed E-state index contributed by atoms with van der Waals surface area (Å²) in [6, 6.07) is 1.05. The minimum atomic E-state index is 0.100. The molecule has 1 amide bonds. The third-order valence-corrected chi connectivity index (χ3v) is 9.18. The Kier molecular flexibility index (Phi) is 8.94. The molecule has 2 saturated carbocycles. The first-order valence-electron chi connectivity index (χ1n) is 14.0. The second-order valence-corrected chi connectivity index (χ2v) is 11.3. The maximum absolute atomic E-state index is 13.3. The molecule has 200 valence electrons. The van der Waals surface area contributed by atoms with Gasteiger partial charge in [-0.2, -0.15) is 0 Å². The van der Waals surface area contributed by atoms with E-state index in [1.807, 2.05) is 0 Å². The first-order chi connectivity index (χ1) is 17.1. The molecule has 0 aromatic carbocycles. The Hall–Kier alpha value is -0.850. The monoisotopic (exact) mass is 493 g/mol. The predicted octanol–water partition coefficient (Wildman–Crippen LogP) is -0.176. The molecule has 3 aliphatic heterocycles. The largest absolute Gasteiger partial charge is 0.379 e. The fourth-order valence-electron chi connectivity index (χ4n) is 7.07. The average molecular weight is 494 g/mol. The molecule has 5 rings (SSSR count). The molecule has 3 heterocycles. The first-order valence-corrected chi connectivity index (χ1v) is 14.0. The number of nitrogens with zero attached hydrogens (tertiary/aromatic N) is 1. The van der Waals surface area contributed by atoms with Gasteiger partial charge in [-0.25, -0.2) is 10.9 Å². The molecular weight excluding hydrogens is 446 g/mol. The number of hydrogen-bond acceptors (Lipinski definition) is 9. The Bertz CT molecular complexity index is 694. The Morgan fingerprint density at radius 1 is 1.11 bits per heavy atom. The lowest BCUT2D eigenvalue weighted by Gasteiger charge is -2.45. The summed E-state index contributed by atoms with van der Waals surface area (Å²) in [6.07, 6.45) is 10.3. The summed E-state index contributed by atoms with van der Waals surface area (Å²) >= 11 is 0. The zero-order valence-electron chi connectivity index (χ0n) is 21.6. The Labute approximate surface area is 210 Å². The Morgan fingerprint density at radius 2 is 2.00 bits per heavy atom. The quantitative estimate of drug-likeness (QED) is 0.288. The van der Waals surface area contributed by atoms with Crippen LogP contribution in [0.15, 0.2) is 0 Å². The number of ether oxygens (including phenoxy) is 2. The van der Waals surface area contributed by atoms with Crippen molar-refractivity contribution in [2.75, 3.05) is 40.5 Å². The van der Waals surface area contributed by atoms with E-state index in [1.54, 1.807) is 7.11 Å². The van der Waals surface area contributed by atoms with Gasteiger partial charge in [-0.3, -0.25) is 15.0 Å². The van der Waals surface area contributed by atoms with Gasteiger partial charge in [-0.1, -0.05) is 12.8 Å². The zero-order valence-corrected chi connectivity index (χ0v) is 21.6. The molecule has 0 aromatic rings. The molecule has 35 heavy (non-hydrogen) atoms. The molecule has 0 aromatic heterocycles. The van der Waals surface area contributed by atoms with Crippen LogP contribution in [0.2, 0.25) is 0 Å². The average Bonchev–Trinajstić information content (AvgIpc) is 3.28.